The third-order valence-corrected chi connectivity index (χ3v) is 7.40. The number of fused-ring (bicyclic) bond motifs is 4. The summed E-state index contributed by atoms with van der Waals surface area (Å²) in [5.74, 6) is 1.85. The highest BCUT2D eigenvalue weighted by Crippen LogP contribution is 2.42. The van der Waals surface area contributed by atoms with Gasteiger partial charge in [-0.25, -0.2) is 15.0 Å². The van der Waals surface area contributed by atoms with E-state index < -0.39 is 0 Å². The Labute approximate surface area is 235 Å². The van der Waals surface area contributed by atoms with Gasteiger partial charge in [-0.15, -0.1) is 0 Å². The summed E-state index contributed by atoms with van der Waals surface area (Å²) < 4.78 is 6.64. The van der Waals surface area contributed by atoms with Crippen LogP contribution in [-0.4, -0.2) is 19.9 Å². The SMILES string of the molecule is c1ccc(-c2nc(-c3ccccc3)nc(-c3ccc(-c4ccccc4)c4oc5cc6cnccc6cc5c34)n2)cc1. The van der Waals surface area contributed by atoms with Crippen LogP contribution in [0.3, 0.4) is 0 Å². The lowest BCUT2D eigenvalue weighted by Gasteiger charge is -2.11. The van der Waals surface area contributed by atoms with Gasteiger partial charge in [-0.1, -0.05) is 91.0 Å². The van der Waals surface area contributed by atoms with Crippen molar-refractivity contribution in [2.24, 2.45) is 0 Å². The first-order valence-electron chi connectivity index (χ1n) is 13.5. The summed E-state index contributed by atoms with van der Waals surface area (Å²) in [6.45, 7) is 0. The lowest BCUT2D eigenvalue weighted by molar-refractivity contribution is 0.670. The van der Waals surface area contributed by atoms with Gasteiger partial charge >= 0.3 is 0 Å². The molecule has 0 aliphatic carbocycles. The van der Waals surface area contributed by atoms with E-state index in [1.54, 1.807) is 0 Å². The fourth-order valence-corrected chi connectivity index (χ4v) is 5.42. The summed E-state index contributed by atoms with van der Waals surface area (Å²) in [4.78, 5) is 19.2. The summed E-state index contributed by atoms with van der Waals surface area (Å²) in [6.07, 6.45) is 3.68. The van der Waals surface area contributed by atoms with Crippen molar-refractivity contribution >= 4 is 32.7 Å². The average Bonchev–Trinajstić information content (AvgIpc) is 3.42. The van der Waals surface area contributed by atoms with Crippen LogP contribution in [0.15, 0.2) is 138 Å². The summed E-state index contributed by atoms with van der Waals surface area (Å²) in [5, 5.41) is 4.11. The Morgan fingerprint density at radius 2 is 1.07 bits per heavy atom. The molecule has 3 heterocycles. The van der Waals surface area contributed by atoms with Crippen LogP contribution < -0.4 is 0 Å². The molecule has 192 valence electrons. The molecule has 8 rings (SSSR count). The van der Waals surface area contributed by atoms with E-state index in [0.717, 1.165) is 60.5 Å². The molecule has 0 aliphatic heterocycles. The lowest BCUT2D eigenvalue weighted by atomic mass is 9.97. The standard InChI is InChI=1S/C36H22N4O/c1-4-10-23(11-5-1)28-16-17-29(32-30-20-26-18-19-37-22-27(26)21-31(30)41-33(28)32)36-39-34(24-12-6-2-7-13-24)38-35(40-36)25-14-8-3-9-15-25/h1-22H. The minimum atomic E-state index is 0.597. The third-order valence-electron chi connectivity index (χ3n) is 7.40. The van der Waals surface area contributed by atoms with Crippen molar-refractivity contribution in [2.75, 3.05) is 0 Å². The molecule has 0 bridgehead atoms. The average molecular weight is 527 g/mol. The highest BCUT2D eigenvalue weighted by atomic mass is 16.3. The number of furan rings is 1. The van der Waals surface area contributed by atoms with Gasteiger partial charge in [0.15, 0.2) is 17.5 Å². The van der Waals surface area contributed by atoms with E-state index in [0.29, 0.717) is 17.5 Å². The first-order chi connectivity index (χ1) is 20.3. The highest BCUT2D eigenvalue weighted by molar-refractivity contribution is 6.18. The third kappa shape index (κ3) is 4.03. The molecule has 0 aliphatic rings. The number of hydrogen-bond acceptors (Lipinski definition) is 5. The zero-order valence-corrected chi connectivity index (χ0v) is 21.9. The predicted octanol–water partition coefficient (Wildman–Crippen LogP) is 8.99. The van der Waals surface area contributed by atoms with Crippen LogP contribution >= 0.6 is 0 Å². The highest BCUT2D eigenvalue weighted by Gasteiger charge is 2.21. The molecule has 3 aromatic heterocycles. The number of rotatable bonds is 4. The summed E-state index contributed by atoms with van der Waals surface area (Å²) in [6, 6.07) is 40.9. The molecule has 0 radical (unpaired) electrons. The molecule has 0 unspecified atom stereocenters. The Morgan fingerprint density at radius 3 is 1.73 bits per heavy atom. The monoisotopic (exact) mass is 526 g/mol. The molecular formula is C36H22N4O. The smallest absolute Gasteiger partial charge is 0.164 e. The Kier molecular flexibility index (Phi) is 5.38. The zero-order valence-electron chi connectivity index (χ0n) is 21.9. The maximum Gasteiger partial charge on any atom is 0.164 e. The van der Waals surface area contributed by atoms with Gasteiger partial charge < -0.3 is 4.42 Å². The molecule has 0 N–H and O–H groups in total. The first-order valence-corrected chi connectivity index (χ1v) is 13.5. The number of nitrogens with zero attached hydrogens (tertiary/aromatic N) is 4. The van der Waals surface area contributed by atoms with E-state index in [9.17, 15) is 0 Å². The van der Waals surface area contributed by atoms with Gasteiger partial charge in [-0.05, 0) is 41.3 Å². The Balaban J connectivity index is 1.46. The molecule has 0 saturated heterocycles. The fraction of sp³-hybridized carbons (Fsp3) is 0. The van der Waals surface area contributed by atoms with Crippen molar-refractivity contribution in [3.8, 4) is 45.3 Å². The van der Waals surface area contributed by atoms with Crippen molar-refractivity contribution in [3.05, 3.63) is 134 Å². The van der Waals surface area contributed by atoms with E-state index in [1.807, 2.05) is 97.3 Å². The molecule has 41 heavy (non-hydrogen) atoms. The Bertz CT molecular complexity index is 2130. The maximum absolute atomic E-state index is 6.64. The van der Waals surface area contributed by atoms with Crippen LogP contribution in [0.5, 0.6) is 0 Å². The van der Waals surface area contributed by atoms with Gasteiger partial charge in [0.1, 0.15) is 11.2 Å². The van der Waals surface area contributed by atoms with Gasteiger partial charge in [0.05, 0.1) is 0 Å². The molecule has 8 aromatic rings. The predicted molar refractivity (Wildman–Crippen MR) is 164 cm³/mol. The Hall–Kier alpha value is -5.68. The fourth-order valence-electron chi connectivity index (χ4n) is 5.42. The number of aromatic nitrogens is 4. The quantitative estimate of drug-likeness (QED) is 0.229. The van der Waals surface area contributed by atoms with E-state index >= 15 is 0 Å². The topological polar surface area (TPSA) is 64.7 Å². The van der Waals surface area contributed by atoms with Crippen LogP contribution in [-0.2, 0) is 0 Å². The lowest BCUT2D eigenvalue weighted by Crippen LogP contribution is -2.00. The summed E-state index contributed by atoms with van der Waals surface area (Å²) in [5.41, 5.74) is 6.45. The largest absolute Gasteiger partial charge is 0.455 e. The van der Waals surface area contributed by atoms with Crippen LogP contribution in [0.4, 0.5) is 0 Å². The van der Waals surface area contributed by atoms with Gasteiger partial charge in [0, 0.05) is 50.8 Å². The van der Waals surface area contributed by atoms with Crippen molar-refractivity contribution in [2.45, 2.75) is 0 Å². The molecule has 5 aromatic carbocycles. The molecule has 5 nitrogen and oxygen atoms in total. The molecule has 0 spiro atoms. The van der Waals surface area contributed by atoms with E-state index in [4.69, 9.17) is 19.4 Å². The molecule has 0 saturated carbocycles. The molecule has 0 amide bonds. The number of benzene rings is 5. The van der Waals surface area contributed by atoms with Gasteiger partial charge in [0.2, 0.25) is 0 Å². The van der Waals surface area contributed by atoms with E-state index in [1.165, 1.54) is 0 Å². The second-order valence-electron chi connectivity index (χ2n) is 9.94. The number of pyridine rings is 1. The van der Waals surface area contributed by atoms with Crippen molar-refractivity contribution in [3.63, 3.8) is 0 Å². The molecule has 0 fully saturated rings. The zero-order chi connectivity index (χ0) is 27.2. The second kappa shape index (κ2) is 9.50. The van der Waals surface area contributed by atoms with Crippen LogP contribution in [0, 0.1) is 0 Å². The van der Waals surface area contributed by atoms with E-state index in [-0.39, 0.29) is 0 Å². The van der Waals surface area contributed by atoms with Crippen LogP contribution in [0.25, 0.3) is 78.0 Å². The first kappa shape index (κ1) is 23.2. The maximum atomic E-state index is 6.64. The van der Waals surface area contributed by atoms with Crippen LogP contribution in [0.1, 0.15) is 0 Å². The van der Waals surface area contributed by atoms with Crippen LogP contribution in [0.2, 0.25) is 0 Å². The van der Waals surface area contributed by atoms with E-state index in [2.05, 4.69) is 41.4 Å². The molecule has 0 atom stereocenters. The van der Waals surface area contributed by atoms with Gasteiger partial charge in [-0.2, -0.15) is 0 Å². The van der Waals surface area contributed by atoms with Crippen molar-refractivity contribution in [1.29, 1.82) is 0 Å². The second-order valence-corrected chi connectivity index (χ2v) is 9.94. The normalized spacial score (nSPS) is 11.4. The minimum Gasteiger partial charge on any atom is -0.455 e. The van der Waals surface area contributed by atoms with Crippen molar-refractivity contribution in [1.82, 2.24) is 19.9 Å². The molecular weight excluding hydrogens is 504 g/mol. The van der Waals surface area contributed by atoms with Gasteiger partial charge in [0.25, 0.3) is 0 Å². The minimum absolute atomic E-state index is 0.597. The van der Waals surface area contributed by atoms with Crippen molar-refractivity contribution < 1.29 is 4.42 Å². The van der Waals surface area contributed by atoms with Gasteiger partial charge in [-0.3, -0.25) is 4.98 Å². The number of hydrogen-bond donors (Lipinski definition) is 0. The summed E-state index contributed by atoms with van der Waals surface area (Å²) >= 11 is 0. The molecule has 5 heteroatoms. The Morgan fingerprint density at radius 1 is 0.488 bits per heavy atom. The summed E-state index contributed by atoms with van der Waals surface area (Å²) in [7, 11) is 0.